The average molecular weight is 467 g/mol. The number of halogens is 1. The van der Waals surface area contributed by atoms with Crippen LogP contribution in [0.4, 0.5) is 10.2 Å². The van der Waals surface area contributed by atoms with Crippen LogP contribution in [0.25, 0.3) is 17.0 Å². The minimum Gasteiger partial charge on any atom is -0.353 e. The van der Waals surface area contributed by atoms with E-state index in [0.717, 1.165) is 11.1 Å². The molecule has 10 heteroatoms. The van der Waals surface area contributed by atoms with Crippen LogP contribution in [0.3, 0.4) is 0 Å². The molecule has 0 saturated carbocycles. The summed E-state index contributed by atoms with van der Waals surface area (Å²) < 4.78 is 43.5. The summed E-state index contributed by atoms with van der Waals surface area (Å²) in [5, 5.41) is 12.8. The van der Waals surface area contributed by atoms with Gasteiger partial charge in [0.15, 0.2) is 11.5 Å². The van der Waals surface area contributed by atoms with Crippen LogP contribution in [0.2, 0.25) is 0 Å². The largest absolute Gasteiger partial charge is 0.353 e. The van der Waals surface area contributed by atoms with Crippen LogP contribution < -0.4 is 4.90 Å². The Morgan fingerprint density at radius 1 is 0.879 bits per heavy atom. The van der Waals surface area contributed by atoms with Crippen molar-refractivity contribution in [2.75, 3.05) is 31.1 Å². The van der Waals surface area contributed by atoms with Crippen molar-refractivity contribution in [1.82, 2.24) is 24.1 Å². The van der Waals surface area contributed by atoms with Crippen molar-refractivity contribution in [1.29, 1.82) is 0 Å². The number of rotatable bonds is 4. The smallest absolute Gasteiger partial charge is 0.243 e. The number of aromatic nitrogens is 4. The maximum atomic E-state index is 14.3. The average Bonchev–Trinajstić information content (AvgIpc) is 3.24. The van der Waals surface area contributed by atoms with Gasteiger partial charge >= 0.3 is 0 Å². The summed E-state index contributed by atoms with van der Waals surface area (Å²) in [6.45, 7) is 5.53. The summed E-state index contributed by atoms with van der Waals surface area (Å²) >= 11 is 0. The first kappa shape index (κ1) is 21.5. The second-order valence-electron chi connectivity index (χ2n) is 8.10. The zero-order valence-electron chi connectivity index (χ0n) is 18.3. The van der Waals surface area contributed by atoms with Gasteiger partial charge in [0, 0.05) is 26.2 Å². The molecule has 0 atom stereocenters. The normalized spacial score (nSPS) is 15.3. The lowest BCUT2D eigenvalue weighted by Crippen LogP contribution is -2.49. The van der Waals surface area contributed by atoms with E-state index in [1.807, 2.05) is 30.9 Å². The van der Waals surface area contributed by atoms with Gasteiger partial charge in [0.25, 0.3) is 0 Å². The van der Waals surface area contributed by atoms with Crippen molar-refractivity contribution >= 4 is 21.5 Å². The molecular weight excluding hydrogens is 443 g/mol. The summed E-state index contributed by atoms with van der Waals surface area (Å²) in [6, 6.07) is 15.2. The minimum absolute atomic E-state index is 0.317. The molecule has 0 amide bonds. The minimum atomic E-state index is -3.56. The Morgan fingerprint density at radius 2 is 1.64 bits per heavy atom. The lowest BCUT2D eigenvalue weighted by atomic mass is 10.1. The van der Waals surface area contributed by atoms with Crippen LogP contribution in [-0.2, 0) is 10.0 Å². The van der Waals surface area contributed by atoms with Gasteiger partial charge in [-0.15, -0.1) is 15.3 Å². The van der Waals surface area contributed by atoms with E-state index in [9.17, 15) is 12.8 Å². The second kappa shape index (κ2) is 8.20. The van der Waals surface area contributed by atoms with E-state index < -0.39 is 15.8 Å². The standard InChI is InChI=1S/C23H23FN6O2S/c1-16-7-8-18(15-17(16)2)33(31,32)29-13-11-28(12-14-29)22-10-9-21-25-26-23(30(21)27-22)19-5-3-4-6-20(19)24/h3-10,15H,11-14H2,1-2H3. The van der Waals surface area contributed by atoms with Gasteiger partial charge in [-0.05, 0) is 61.4 Å². The molecule has 1 aliphatic heterocycles. The molecule has 1 aliphatic rings. The Bertz CT molecular complexity index is 1440. The summed E-state index contributed by atoms with van der Waals surface area (Å²) in [7, 11) is -3.56. The highest BCUT2D eigenvalue weighted by Crippen LogP contribution is 2.24. The number of aryl methyl sites for hydroxylation is 2. The number of hydrogen-bond acceptors (Lipinski definition) is 6. The van der Waals surface area contributed by atoms with Gasteiger partial charge in [0.05, 0.1) is 10.5 Å². The second-order valence-corrected chi connectivity index (χ2v) is 10.0. The van der Waals surface area contributed by atoms with Crippen LogP contribution in [0.1, 0.15) is 11.1 Å². The fraction of sp³-hybridized carbons (Fsp3) is 0.261. The summed E-state index contributed by atoms with van der Waals surface area (Å²) in [5.41, 5.74) is 2.84. The van der Waals surface area contributed by atoms with Gasteiger partial charge in [-0.1, -0.05) is 18.2 Å². The molecule has 1 saturated heterocycles. The van der Waals surface area contributed by atoms with E-state index in [-0.39, 0.29) is 0 Å². The van der Waals surface area contributed by atoms with E-state index >= 15 is 0 Å². The number of benzene rings is 2. The zero-order chi connectivity index (χ0) is 23.2. The molecular formula is C23H23FN6O2S. The van der Waals surface area contributed by atoms with Gasteiger partial charge in [-0.25, -0.2) is 12.8 Å². The molecule has 0 aliphatic carbocycles. The molecule has 0 unspecified atom stereocenters. The summed E-state index contributed by atoms with van der Waals surface area (Å²) in [6.07, 6.45) is 0. The van der Waals surface area contributed by atoms with E-state index in [2.05, 4.69) is 15.3 Å². The molecule has 8 nitrogen and oxygen atoms in total. The molecule has 5 rings (SSSR count). The summed E-state index contributed by atoms with van der Waals surface area (Å²) in [5.74, 6) is 0.577. The number of piperazine rings is 1. The molecule has 0 bridgehead atoms. The number of nitrogens with zero attached hydrogens (tertiary/aromatic N) is 6. The molecule has 33 heavy (non-hydrogen) atoms. The van der Waals surface area contributed by atoms with Crippen LogP contribution in [0, 0.1) is 19.7 Å². The van der Waals surface area contributed by atoms with Crippen LogP contribution in [0.15, 0.2) is 59.5 Å². The van der Waals surface area contributed by atoms with Gasteiger partial charge in [0.1, 0.15) is 11.6 Å². The van der Waals surface area contributed by atoms with E-state index in [4.69, 9.17) is 0 Å². The fourth-order valence-electron chi connectivity index (χ4n) is 3.94. The topological polar surface area (TPSA) is 83.7 Å². The maximum absolute atomic E-state index is 14.3. The van der Waals surface area contributed by atoms with E-state index in [1.54, 1.807) is 36.4 Å². The third-order valence-corrected chi connectivity index (χ3v) is 7.94. The van der Waals surface area contributed by atoms with E-state index in [1.165, 1.54) is 14.9 Å². The van der Waals surface area contributed by atoms with Crippen molar-refractivity contribution < 1.29 is 12.8 Å². The van der Waals surface area contributed by atoms with Crippen molar-refractivity contribution in [2.45, 2.75) is 18.7 Å². The zero-order valence-corrected chi connectivity index (χ0v) is 19.1. The Morgan fingerprint density at radius 3 is 2.36 bits per heavy atom. The molecule has 2 aromatic heterocycles. The van der Waals surface area contributed by atoms with Gasteiger partial charge in [-0.2, -0.15) is 8.82 Å². The predicted molar refractivity (Wildman–Crippen MR) is 123 cm³/mol. The lowest BCUT2D eigenvalue weighted by molar-refractivity contribution is 0.383. The maximum Gasteiger partial charge on any atom is 0.243 e. The van der Waals surface area contributed by atoms with Crippen molar-refractivity contribution in [3.63, 3.8) is 0 Å². The Labute approximate surface area is 191 Å². The third kappa shape index (κ3) is 3.85. The molecule has 0 spiro atoms. The van der Waals surface area contributed by atoms with Gasteiger partial charge < -0.3 is 4.90 Å². The van der Waals surface area contributed by atoms with Crippen molar-refractivity contribution in [3.05, 3.63) is 71.5 Å². The Kier molecular flexibility index (Phi) is 5.34. The molecule has 0 radical (unpaired) electrons. The molecule has 3 heterocycles. The molecule has 1 fully saturated rings. The highest BCUT2D eigenvalue weighted by Gasteiger charge is 2.29. The van der Waals surface area contributed by atoms with Crippen molar-refractivity contribution in [2.24, 2.45) is 0 Å². The van der Waals surface area contributed by atoms with Crippen molar-refractivity contribution in [3.8, 4) is 11.4 Å². The summed E-state index contributed by atoms with van der Waals surface area (Å²) in [4.78, 5) is 2.33. The third-order valence-electron chi connectivity index (χ3n) is 6.04. The van der Waals surface area contributed by atoms with Crippen LogP contribution in [-0.4, -0.2) is 58.7 Å². The quantitative estimate of drug-likeness (QED) is 0.460. The fourth-order valence-corrected chi connectivity index (χ4v) is 5.45. The molecule has 4 aromatic rings. The van der Waals surface area contributed by atoms with Crippen LogP contribution in [0.5, 0.6) is 0 Å². The highest BCUT2D eigenvalue weighted by atomic mass is 32.2. The van der Waals surface area contributed by atoms with Crippen LogP contribution >= 0.6 is 0 Å². The number of fused-ring (bicyclic) bond motifs is 1. The molecule has 170 valence electrons. The number of hydrogen-bond donors (Lipinski definition) is 0. The van der Waals surface area contributed by atoms with Gasteiger partial charge in [0.2, 0.25) is 10.0 Å². The highest BCUT2D eigenvalue weighted by molar-refractivity contribution is 7.89. The Balaban J connectivity index is 1.38. The Hall–Kier alpha value is -3.37. The molecule has 0 N–H and O–H groups in total. The lowest BCUT2D eigenvalue weighted by Gasteiger charge is -2.34. The monoisotopic (exact) mass is 466 g/mol. The molecule has 2 aromatic carbocycles. The van der Waals surface area contributed by atoms with E-state index in [0.29, 0.717) is 53.9 Å². The first-order chi connectivity index (χ1) is 15.8. The first-order valence-corrected chi connectivity index (χ1v) is 12.1. The SMILES string of the molecule is Cc1ccc(S(=O)(=O)N2CCN(c3ccc4nnc(-c5ccccc5F)n4n3)CC2)cc1C. The number of anilines is 1. The van der Waals surface area contributed by atoms with Gasteiger partial charge in [-0.3, -0.25) is 0 Å². The number of sulfonamides is 1. The first-order valence-electron chi connectivity index (χ1n) is 10.6. The predicted octanol–water partition coefficient (Wildman–Crippen LogP) is 3.06.